The summed E-state index contributed by atoms with van der Waals surface area (Å²) < 4.78 is 5.22. The Morgan fingerprint density at radius 1 is 1.05 bits per heavy atom. The molecule has 1 heterocycles. The summed E-state index contributed by atoms with van der Waals surface area (Å²) in [7, 11) is 1.72. The number of benzene rings is 2. The van der Waals surface area contributed by atoms with Crippen molar-refractivity contribution in [2.45, 2.75) is 6.54 Å². The van der Waals surface area contributed by atoms with Crippen molar-refractivity contribution < 1.29 is 4.74 Å². The Bertz CT molecular complexity index is 660. The summed E-state index contributed by atoms with van der Waals surface area (Å²) in [4.78, 5) is 10.3. The number of aromatic amines is 1. The second kappa shape index (κ2) is 6.41. The van der Waals surface area contributed by atoms with Crippen LogP contribution in [-0.2, 0) is 11.3 Å². The SMILES string of the molecule is COCCN(Cc1ccccc1)c1nc2ccccc2[nH]1. The van der Waals surface area contributed by atoms with Gasteiger partial charge in [0, 0.05) is 20.2 Å². The third kappa shape index (κ3) is 3.23. The fraction of sp³-hybridized carbons (Fsp3) is 0.235. The quantitative estimate of drug-likeness (QED) is 0.754. The number of nitrogens with one attached hydrogen (secondary N) is 1. The van der Waals surface area contributed by atoms with Crippen molar-refractivity contribution in [3.63, 3.8) is 0 Å². The van der Waals surface area contributed by atoms with Crippen molar-refractivity contribution in [3.05, 3.63) is 60.2 Å². The van der Waals surface area contributed by atoms with E-state index in [2.05, 4.69) is 39.1 Å². The number of nitrogens with zero attached hydrogens (tertiary/aromatic N) is 2. The lowest BCUT2D eigenvalue weighted by atomic mass is 10.2. The predicted octanol–water partition coefficient (Wildman–Crippen LogP) is 3.22. The third-order valence-corrected chi connectivity index (χ3v) is 3.46. The highest BCUT2D eigenvalue weighted by molar-refractivity contribution is 5.77. The summed E-state index contributed by atoms with van der Waals surface area (Å²) in [6.07, 6.45) is 0. The zero-order valence-electron chi connectivity index (χ0n) is 12.1. The molecule has 0 aliphatic heterocycles. The molecule has 0 radical (unpaired) electrons. The van der Waals surface area contributed by atoms with Crippen LogP contribution in [0.1, 0.15) is 5.56 Å². The summed E-state index contributed by atoms with van der Waals surface area (Å²) in [5, 5.41) is 0. The van der Waals surface area contributed by atoms with Crippen molar-refractivity contribution in [1.29, 1.82) is 0 Å². The van der Waals surface area contributed by atoms with Gasteiger partial charge in [0.15, 0.2) is 0 Å². The number of imidazole rings is 1. The normalized spacial score (nSPS) is 10.9. The molecule has 0 spiro atoms. The maximum Gasteiger partial charge on any atom is 0.204 e. The maximum atomic E-state index is 5.22. The van der Waals surface area contributed by atoms with E-state index in [0.717, 1.165) is 30.1 Å². The van der Waals surface area contributed by atoms with Crippen LogP contribution < -0.4 is 4.90 Å². The Labute approximate surface area is 124 Å². The van der Waals surface area contributed by atoms with E-state index in [9.17, 15) is 0 Å². The lowest BCUT2D eigenvalue weighted by Crippen LogP contribution is -2.27. The largest absolute Gasteiger partial charge is 0.383 e. The van der Waals surface area contributed by atoms with E-state index in [-0.39, 0.29) is 0 Å². The molecule has 0 aliphatic rings. The Morgan fingerprint density at radius 3 is 2.57 bits per heavy atom. The standard InChI is InChI=1S/C17H19N3O/c1-21-12-11-20(13-14-7-3-2-4-8-14)17-18-15-9-5-6-10-16(15)19-17/h2-10H,11-13H2,1H3,(H,18,19). The van der Waals surface area contributed by atoms with Crippen molar-refractivity contribution in [2.75, 3.05) is 25.2 Å². The highest BCUT2D eigenvalue weighted by atomic mass is 16.5. The number of rotatable bonds is 6. The summed E-state index contributed by atoms with van der Waals surface area (Å²) in [6.45, 7) is 2.28. The summed E-state index contributed by atoms with van der Waals surface area (Å²) in [6, 6.07) is 18.5. The Morgan fingerprint density at radius 2 is 1.81 bits per heavy atom. The molecule has 1 N–H and O–H groups in total. The number of hydrogen-bond acceptors (Lipinski definition) is 3. The van der Waals surface area contributed by atoms with Gasteiger partial charge < -0.3 is 14.6 Å². The lowest BCUT2D eigenvalue weighted by Gasteiger charge is -2.21. The molecule has 0 bridgehead atoms. The van der Waals surface area contributed by atoms with Crippen molar-refractivity contribution >= 4 is 17.0 Å². The van der Waals surface area contributed by atoms with Gasteiger partial charge in [-0.1, -0.05) is 42.5 Å². The number of anilines is 1. The number of ether oxygens (including phenoxy) is 1. The van der Waals surface area contributed by atoms with E-state index in [4.69, 9.17) is 4.74 Å². The molecular formula is C17H19N3O. The zero-order valence-corrected chi connectivity index (χ0v) is 12.1. The molecule has 1 aromatic heterocycles. The molecule has 108 valence electrons. The first-order valence-electron chi connectivity index (χ1n) is 7.09. The molecule has 0 unspecified atom stereocenters. The molecule has 0 saturated carbocycles. The average Bonchev–Trinajstić information content (AvgIpc) is 2.96. The predicted molar refractivity (Wildman–Crippen MR) is 85.5 cm³/mol. The molecule has 4 nitrogen and oxygen atoms in total. The van der Waals surface area contributed by atoms with Gasteiger partial charge in [-0.05, 0) is 17.7 Å². The van der Waals surface area contributed by atoms with E-state index in [1.807, 2.05) is 30.3 Å². The van der Waals surface area contributed by atoms with Gasteiger partial charge in [-0.3, -0.25) is 0 Å². The van der Waals surface area contributed by atoms with Crippen LogP contribution in [0.4, 0.5) is 5.95 Å². The molecule has 2 aromatic carbocycles. The van der Waals surface area contributed by atoms with Gasteiger partial charge in [0.1, 0.15) is 0 Å². The number of hydrogen-bond donors (Lipinski definition) is 1. The van der Waals surface area contributed by atoms with Gasteiger partial charge in [0.05, 0.1) is 17.6 Å². The molecule has 3 rings (SSSR count). The van der Waals surface area contributed by atoms with Crippen LogP contribution in [0.2, 0.25) is 0 Å². The van der Waals surface area contributed by atoms with Gasteiger partial charge in [0.25, 0.3) is 0 Å². The molecular weight excluding hydrogens is 262 g/mol. The molecule has 3 aromatic rings. The fourth-order valence-corrected chi connectivity index (χ4v) is 2.35. The van der Waals surface area contributed by atoms with Crippen LogP contribution >= 0.6 is 0 Å². The van der Waals surface area contributed by atoms with Crippen LogP contribution in [0.5, 0.6) is 0 Å². The van der Waals surface area contributed by atoms with Crippen LogP contribution in [0.3, 0.4) is 0 Å². The Balaban J connectivity index is 1.87. The highest BCUT2D eigenvalue weighted by Crippen LogP contribution is 2.18. The fourth-order valence-electron chi connectivity index (χ4n) is 2.35. The number of fused-ring (bicyclic) bond motifs is 1. The van der Waals surface area contributed by atoms with Crippen LogP contribution in [-0.4, -0.2) is 30.2 Å². The van der Waals surface area contributed by atoms with Crippen molar-refractivity contribution in [2.24, 2.45) is 0 Å². The number of aromatic nitrogens is 2. The van der Waals surface area contributed by atoms with E-state index < -0.39 is 0 Å². The van der Waals surface area contributed by atoms with Crippen LogP contribution in [0, 0.1) is 0 Å². The second-order valence-electron chi connectivity index (χ2n) is 4.98. The first-order valence-corrected chi connectivity index (χ1v) is 7.09. The smallest absolute Gasteiger partial charge is 0.204 e. The van der Waals surface area contributed by atoms with Crippen LogP contribution in [0.25, 0.3) is 11.0 Å². The summed E-state index contributed by atoms with van der Waals surface area (Å²) >= 11 is 0. The van der Waals surface area contributed by atoms with Crippen LogP contribution in [0.15, 0.2) is 54.6 Å². The highest BCUT2D eigenvalue weighted by Gasteiger charge is 2.11. The minimum atomic E-state index is 0.671. The van der Waals surface area contributed by atoms with E-state index in [1.165, 1.54) is 5.56 Å². The molecule has 4 heteroatoms. The minimum absolute atomic E-state index is 0.671. The monoisotopic (exact) mass is 281 g/mol. The number of H-pyrrole nitrogens is 1. The van der Waals surface area contributed by atoms with E-state index >= 15 is 0 Å². The molecule has 0 fully saturated rings. The number of para-hydroxylation sites is 2. The van der Waals surface area contributed by atoms with Crippen molar-refractivity contribution in [1.82, 2.24) is 9.97 Å². The third-order valence-electron chi connectivity index (χ3n) is 3.46. The number of methoxy groups -OCH3 is 1. The summed E-state index contributed by atoms with van der Waals surface area (Å²) in [5.41, 5.74) is 3.31. The summed E-state index contributed by atoms with van der Waals surface area (Å²) in [5.74, 6) is 0.886. The lowest BCUT2D eigenvalue weighted by molar-refractivity contribution is 0.204. The average molecular weight is 281 g/mol. The second-order valence-corrected chi connectivity index (χ2v) is 4.98. The molecule has 0 aliphatic carbocycles. The molecule has 0 saturated heterocycles. The molecule has 21 heavy (non-hydrogen) atoms. The zero-order chi connectivity index (χ0) is 14.5. The Kier molecular flexibility index (Phi) is 4.17. The van der Waals surface area contributed by atoms with Gasteiger partial charge in [-0.15, -0.1) is 0 Å². The minimum Gasteiger partial charge on any atom is -0.383 e. The van der Waals surface area contributed by atoms with Gasteiger partial charge in [0.2, 0.25) is 5.95 Å². The van der Waals surface area contributed by atoms with E-state index in [0.29, 0.717) is 6.61 Å². The van der Waals surface area contributed by atoms with Gasteiger partial charge in [-0.25, -0.2) is 4.98 Å². The molecule has 0 amide bonds. The maximum absolute atomic E-state index is 5.22. The molecule has 0 atom stereocenters. The first-order chi connectivity index (χ1) is 10.4. The first kappa shape index (κ1) is 13.6. The van der Waals surface area contributed by atoms with E-state index in [1.54, 1.807) is 7.11 Å². The van der Waals surface area contributed by atoms with Gasteiger partial charge >= 0.3 is 0 Å². The topological polar surface area (TPSA) is 41.1 Å². The van der Waals surface area contributed by atoms with Crippen molar-refractivity contribution in [3.8, 4) is 0 Å². The Hall–Kier alpha value is -2.33. The van der Waals surface area contributed by atoms with Gasteiger partial charge in [-0.2, -0.15) is 0 Å².